The number of hydrogen-bond acceptors (Lipinski definition) is 3. The van der Waals surface area contributed by atoms with Gasteiger partial charge in [0.05, 0.1) is 18.1 Å². The van der Waals surface area contributed by atoms with Crippen LogP contribution < -0.4 is 5.73 Å². The fraction of sp³-hybridized carbons (Fsp3) is 0.273. The Morgan fingerprint density at radius 1 is 1.10 bits per heavy atom. The summed E-state index contributed by atoms with van der Waals surface area (Å²) in [6.45, 7) is 1.26. The highest BCUT2D eigenvalue weighted by Crippen LogP contribution is 2.08. The van der Waals surface area contributed by atoms with Crippen LogP contribution in [0.3, 0.4) is 0 Å². The van der Waals surface area contributed by atoms with Crippen LogP contribution >= 0.6 is 24.8 Å². The summed E-state index contributed by atoms with van der Waals surface area (Å²) in [6.07, 6.45) is 4.74. The molecular formula is C22H27Cl2FN4O. The number of halogens is 3. The van der Waals surface area contributed by atoms with Crippen molar-refractivity contribution in [3.05, 3.63) is 89.8 Å². The molecule has 0 spiro atoms. The van der Waals surface area contributed by atoms with E-state index in [1.165, 1.54) is 17.7 Å². The molecule has 0 aliphatic heterocycles. The molecule has 0 aliphatic carbocycles. The maximum Gasteiger partial charge on any atom is 0.239 e. The number of likely N-dealkylation sites (N-methyl/N-ethyl adjacent to an activating group) is 1. The van der Waals surface area contributed by atoms with Crippen molar-refractivity contribution >= 4 is 30.7 Å². The number of nitrogens with zero attached hydrogens (tertiary/aromatic N) is 3. The smallest absolute Gasteiger partial charge is 0.239 e. The number of nitrogens with two attached hydrogens (primary N) is 1. The summed E-state index contributed by atoms with van der Waals surface area (Å²) in [5, 5.41) is 0. The monoisotopic (exact) mass is 452 g/mol. The second kappa shape index (κ2) is 12.3. The van der Waals surface area contributed by atoms with Crippen LogP contribution in [0, 0.1) is 5.82 Å². The molecule has 0 aliphatic rings. The molecule has 1 atom stereocenters. The summed E-state index contributed by atoms with van der Waals surface area (Å²) < 4.78 is 14.9. The number of rotatable bonds is 8. The van der Waals surface area contributed by atoms with Gasteiger partial charge in [-0.05, 0) is 29.7 Å². The lowest BCUT2D eigenvalue weighted by molar-refractivity contribution is -0.131. The standard InChI is InChI=1S/C22H25FN4O.2ClH/c1-26(12-11-17-7-9-19(23)10-8-17)22(28)21(24)13-20-15-27(16-25-20)14-18-5-3-2-4-6-18;;/h2-10,15-16,21H,11-14,24H2,1H3;2*1H/t21-;;/m0../s1. The van der Waals surface area contributed by atoms with Crippen LogP contribution in [-0.2, 0) is 24.2 Å². The molecule has 1 aromatic heterocycles. The Morgan fingerprint density at radius 3 is 2.43 bits per heavy atom. The quantitative estimate of drug-likeness (QED) is 0.568. The predicted octanol–water partition coefficient (Wildman–Crippen LogP) is 3.49. The van der Waals surface area contributed by atoms with Crippen molar-refractivity contribution in [1.82, 2.24) is 14.5 Å². The van der Waals surface area contributed by atoms with E-state index in [9.17, 15) is 9.18 Å². The number of aromatic nitrogens is 2. The number of amides is 1. The van der Waals surface area contributed by atoms with Crippen molar-refractivity contribution < 1.29 is 9.18 Å². The molecule has 3 rings (SSSR count). The summed E-state index contributed by atoms with van der Waals surface area (Å²) >= 11 is 0. The van der Waals surface area contributed by atoms with Crippen LogP contribution in [0.5, 0.6) is 0 Å². The largest absolute Gasteiger partial charge is 0.344 e. The molecule has 0 bridgehead atoms. The Kier molecular flexibility index (Phi) is 10.5. The molecular weight excluding hydrogens is 426 g/mol. The number of carbonyl (C=O) groups excluding carboxylic acids is 1. The van der Waals surface area contributed by atoms with Gasteiger partial charge in [-0.2, -0.15) is 0 Å². The van der Waals surface area contributed by atoms with E-state index in [1.807, 2.05) is 29.0 Å². The molecule has 3 aromatic rings. The highest BCUT2D eigenvalue weighted by Gasteiger charge is 2.19. The summed E-state index contributed by atoms with van der Waals surface area (Å²) in [6, 6.07) is 15.8. The van der Waals surface area contributed by atoms with Crippen LogP contribution in [-0.4, -0.2) is 40.0 Å². The van der Waals surface area contributed by atoms with Crippen molar-refractivity contribution in [3.8, 4) is 0 Å². The first kappa shape index (κ1) is 25.6. The van der Waals surface area contributed by atoms with E-state index in [-0.39, 0.29) is 36.5 Å². The van der Waals surface area contributed by atoms with Gasteiger partial charge in [0.15, 0.2) is 0 Å². The lowest BCUT2D eigenvalue weighted by Gasteiger charge is -2.21. The zero-order valence-corrected chi connectivity index (χ0v) is 18.4. The summed E-state index contributed by atoms with van der Waals surface area (Å²) in [5.74, 6) is -0.387. The van der Waals surface area contributed by atoms with Gasteiger partial charge in [-0.15, -0.1) is 24.8 Å². The van der Waals surface area contributed by atoms with Crippen molar-refractivity contribution in [3.63, 3.8) is 0 Å². The third-order valence-corrected chi connectivity index (χ3v) is 4.67. The van der Waals surface area contributed by atoms with Crippen LogP contribution in [0.2, 0.25) is 0 Å². The number of benzene rings is 2. The van der Waals surface area contributed by atoms with Crippen molar-refractivity contribution in [2.24, 2.45) is 5.73 Å². The average molecular weight is 453 g/mol. The van der Waals surface area contributed by atoms with Crippen LogP contribution in [0.15, 0.2) is 67.1 Å². The molecule has 0 unspecified atom stereocenters. The van der Waals surface area contributed by atoms with Crippen molar-refractivity contribution in [1.29, 1.82) is 0 Å². The maximum absolute atomic E-state index is 13.0. The minimum atomic E-state index is -0.640. The first-order valence-corrected chi connectivity index (χ1v) is 9.31. The summed E-state index contributed by atoms with van der Waals surface area (Å²) in [7, 11) is 1.74. The molecule has 0 radical (unpaired) electrons. The number of hydrogen-bond donors (Lipinski definition) is 1. The SMILES string of the molecule is CN(CCc1ccc(F)cc1)C(=O)[C@@H](N)Cc1cn(Cc2ccccc2)cn1.Cl.Cl. The third-order valence-electron chi connectivity index (χ3n) is 4.67. The van der Waals surface area contributed by atoms with Crippen LogP contribution in [0.4, 0.5) is 4.39 Å². The van der Waals surface area contributed by atoms with E-state index in [0.29, 0.717) is 19.4 Å². The van der Waals surface area contributed by atoms with Gasteiger partial charge < -0.3 is 15.2 Å². The fourth-order valence-electron chi connectivity index (χ4n) is 3.05. The second-order valence-electron chi connectivity index (χ2n) is 6.97. The predicted molar refractivity (Wildman–Crippen MR) is 122 cm³/mol. The topological polar surface area (TPSA) is 64.2 Å². The first-order valence-electron chi connectivity index (χ1n) is 9.31. The van der Waals surface area contributed by atoms with Gasteiger partial charge >= 0.3 is 0 Å². The van der Waals surface area contributed by atoms with Gasteiger partial charge in [-0.25, -0.2) is 9.37 Å². The van der Waals surface area contributed by atoms with E-state index < -0.39 is 6.04 Å². The minimum absolute atomic E-state index is 0. The lowest BCUT2D eigenvalue weighted by atomic mass is 10.1. The molecule has 0 saturated heterocycles. The highest BCUT2D eigenvalue weighted by molar-refractivity contribution is 5.85. The summed E-state index contributed by atoms with van der Waals surface area (Å²) in [5.41, 5.74) is 9.07. The Hall–Kier alpha value is -2.41. The Balaban J connectivity index is 0.00000225. The van der Waals surface area contributed by atoms with Gasteiger partial charge in [0.2, 0.25) is 5.91 Å². The maximum atomic E-state index is 13.0. The van der Waals surface area contributed by atoms with Gasteiger partial charge in [0.1, 0.15) is 5.82 Å². The molecule has 2 N–H and O–H groups in total. The summed E-state index contributed by atoms with van der Waals surface area (Å²) in [4.78, 5) is 18.5. The molecule has 1 heterocycles. The van der Waals surface area contributed by atoms with Gasteiger partial charge in [0.25, 0.3) is 0 Å². The Morgan fingerprint density at radius 2 is 1.77 bits per heavy atom. The molecule has 1 amide bonds. The van der Waals surface area contributed by atoms with E-state index in [4.69, 9.17) is 5.73 Å². The molecule has 30 heavy (non-hydrogen) atoms. The first-order chi connectivity index (χ1) is 13.5. The molecule has 8 heteroatoms. The molecule has 5 nitrogen and oxygen atoms in total. The van der Waals surface area contributed by atoms with Crippen LogP contribution in [0.1, 0.15) is 16.8 Å². The Labute approximate surface area is 188 Å². The van der Waals surface area contributed by atoms with E-state index in [1.54, 1.807) is 30.4 Å². The zero-order valence-electron chi connectivity index (χ0n) is 16.8. The second-order valence-corrected chi connectivity index (χ2v) is 6.97. The van der Waals surface area contributed by atoms with Gasteiger partial charge in [0, 0.05) is 32.8 Å². The third kappa shape index (κ3) is 7.44. The number of imidazole rings is 1. The fourth-order valence-corrected chi connectivity index (χ4v) is 3.05. The van der Waals surface area contributed by atoms with Gasteiger partial charge in [-0.1, -0.05) is 42.5 Å². The number of carbonyl (C=O) groups is 1. The molecule has 0 saturated carbocycles. The van der Waals surface area contributed by atoms with E-state index >= 15 is 0 Å². The van der Waals surface area contributed by atoms with Gasteiger partial charge in [-0.3, -0.25) is 4.79 Å². The minimum Gasteiger partial charge on any atom is -0.344 e. The van der Waals surface area contributed by atoms with Crippen molar-refractivity contribution in [2.45, 2.75) is 25.4 Å². The van der Waals surface area contributed by atoms with E-state index in [2.05, 4.69) is 17.1 Å². The highest BCUT2D eigenvalue weighted by atomic mass is 35.5. The molecule has 162 valence electrons. The average Bonchev–Trinajstić information content (AvgIpc) is 3.14. The zero-order chi connectivity index (χ0) is 19.9. The molecule has 0 fully saturated rings. The van der Waals surface area contributed by atoms with Crippen LogP contribution in [0.25, 0.3) is 0 Å². The lowest BCUT2D eigenvalue weighted by Crippen LogP contribution is -2.43. The van der Waals surface area contributed by atoms with Crippen molar-refractivity contribution in [2.75, 3.05) is 13.6 Å². The van der Waals surface area contributed by atoms with E-state index in [0.717, 1.165) is 17.8 Å². The normalized spacial score (nSPS) is 11.2. The molecule has 2 aromatic carbocycles. The Bertz CT molecular complexity index is 903.